The number of benzene rings is 3. The van der Waals surface area contributed by atoms with Crippen LogP contribution in [0.5, 0.6) is 0 Å². The number of carbonyl (C=O) groups is 1. The summed E-state index contributed by atoms with van der Waals surface area (Å²) in [6.45, 7) is 0. The summed E-state index contributed by atoms with van der Waals surface area (Å²) < 4.78 is 0. The van der Waals surface area contributed by atoms with E-state index in [0.717, 1.165) is 33.0 Å². The molecule has 0 bridgehead atoms. The Kier molecular flexibility index (Phi) is 4.12. The van der Waals surface area contributed by atoms with Gasteiger partial charge >= 0.3 is 0 Å². The molecule has 3 aromatic carbocycles. The van der Waals surface area contributed by atoms with Crippen molar-refractivity contribution in [1.29, 1.82) is 0 Å². The second-order valence-electron chi connectivity index (χ2n) is 6.53. The van der Waals surface area contributed by atoms with E-state index in [1.807, 2.05) is 60.7 Å². The number of para-hydroxylation sites is 1. The maximum absolute atomic E-state index is 13.3. The van der Waals surface area contributed by atoms with Gasteiger partial charge in [-0.15, -0.1) is 11.8 Å². The van der Waals surface area contributed by atoms with Crippen LogP contribution in [0.2, 0.25) is 10.0 Å². The van der Waals surface area contributed by atoms with Gasteiger partial charge in [-0.25, -0.2) is 0 Å². The first-order chi connectivity index (χ1) is 13.1. The molecule has 1 heterocycles. The minimum absolute atomic E-state index is 0.0886. The van der Waals surface area contributed by atoms with Gasteiger partial charge in [0.05, 0.1) is 32.6 Å². The van der Waals surface area contributed by atoms with E-state index in [4.69, 9.17) is 28.2 Å². The van der Waals surface area contributed by atoms with Gasteiger partial charge in [0.25, 0.3) is 0 Å². The largest absolute Gasteiger partial charge is 0.293 e. The van der Waals surface area contributed by atoms with Crippen LogP contribution in [-0.4, -0.2) is 11.5 Å². The number of hydrogen-bond acceptors (Lipinski definition) is 3. The highest BCUT2D eigenvalue weighted by Crippen LogP contribution is 2.53. The van der Waals surface area contributed by atoms with Crippen LogP contribution in [0.25, 0.3) is 0 Å². The van der Waals surface area contributed by atoms with Crippen LogP contribution < -0.4 is 0 Å². The molecule has 2 atom stereocenters. The van der Waals surface area contributed by atoms with E-state index in [0.29, 0.717) is 10.0 Å². The standard InChI is InChI=1S/C22H13Cl2NOS/c23-15-9-5-8-14(19(15)24)22-18-20(12-6-1-2-7-13(12)21(18)26)25-16-10-3-4-11-17(16)27-22/h1-11,18,22H/t18-,22-/m0/s1. The number of hydrogen-bond donors (Lipinski definition) is 0. The Hall–Kier alpha value is -2.07. The van der Waals surface area contributed by atoms with Crippen molar-refractivity contribution in [1.82, 2.24) is 0 Å². The number of ketones is 1. The topological polar surface area (TPSA) is 29.4 Å². The van der Waals surface area contributed by atoms with Gasteiger partial charge in [-0.05, 0) is 23.8 Å². The van der Waals surface area contributed by atoms with Crippen LogP contribution in [-0.2, 0) is 0 Å². The summed E-state index contributed by atoms with van der Waals surface area (Å²) in [6.07, 6.45) is 0. The summed E-state index contributed by atoms with van der Waals surface area (Å²) in [5.74, 6) is -0.304. The molecule has 3 aromatic rings. The quantitative estimate of drug-likeness (QED) is 0.443. The predicted octanol–water partition coefficient (Wildman–Crippen LogP) is 6.77. The monoisotopic (exact) mass is 409 g/mol. The van der Waals surface area contributed by atoms with Crippen molar-refractivity contribution in [3.05, 3.63) is 93.5 Å². The maximum atomic E-state index is 13.3. The van der Waals surface area contributed by atoms with Crippen LogP contribution in [0.15, 0.2) is 76.6 Å². The first kappa shape index (κ1) is 17.1. The van der Waals surface area contributed by atoms with E-state index in [1.54, 1.807) is 17.8 Å². The highest BCUT2D eigenvalue weighted by Gasteiger charge is 2.44. The lowest BCUT2D eigenvalue weighted by molar-refractivity contribution is 0.0960. The third-order valence-corrected chi connectivity index (χ3v) is 7.21. The normalized spacial score (nSPS) is 20.4. The van der Waals surface area contributed by atoms with E-state index < -0.39 is 5.92 Å². The average molecular weight is 410 g/mol. The number of aliphatic imine (C=N–C) groups is 1. The summed E-state index contributed by atoms with van der Waals surface area (Å²) in [4.78, 5) is 19.3. The fraction of sp³-hybridized carbons (Fsp3) is 0.0909. The van der Waals surface area contributed by atoms with Gasteiger partial charge in [0.15, 0.2) is 5.78 Å². The summed E-state index contributed by atoms with van der Waals surface area (Å²) in [5, 5.41) is 0.798. The number of Topliss-reactive ketones (excluding diaryl/α,β-unsaturated/α-hetero) is 1. The Morgan fingerprint density at radius 3 is 2.44 bits per heavy atom. The molecule has 0 radical (unpaired) electrons. The minimum Gasteiger partial charge on any atom is -0.293 e. The van der Waals surface area contributed by atoms with Crippen LogP contribution in [0.3, 0.4) is 0 Å². The minimum atomic E-state index is -0.393. The zero-order valence-corrected chi connectivity index (χ0v) is 16.4. The average Bonchev–Trinajstić information content (AvgIpc) is 2.85. The van der Waals surface area contributed by atoms with Crippen molar-refractivity contribution in [2.24, 2.45) is 10.9 Å². The Labute approximate surface area is 171 Å². The lowest BCUT2D eigenvalue weighted by Gasteiger charge is -2.22. The molecule has 0 N–H and O–H groups in total. The van der Waals surface area contributed by atoms with Crippen molar-refractivity contribution in [2.75, 3.05) is 0 Å². The number of nitrogens with zero attached hydrogens (tertiary/aromatic N) is 1. The van der Waals surface area contributed by atoms with Crippen LogP contribution >= 0.6 is 35.0 Å². The molecule has 5 rings (SSSR count). The third-order valence-electron chi connectivity index (χ3n) is 5.00. The van der Waals surface area contributed by atoms with Gasteiger partial charge in [-0.1, -0.05) is 71.7 Å². The van der Waals surface area contributed by atoms with Gasteiger partial charge in [-0.3, -0.25) is 9.79 Å². The van der Waals surface area contributed by atoms with Gasteiger partial charge in [0, 0.05) is 16.0 Å². The first-order valence-electron chi connectivity index (χ1n) is 8.57. The highest BCUT2D eigenvalue weighted by atomic mass is 35.5. The molecule has 1 aliphatic carbocycles. The van der Waals surface area contributed by atoms with Gasteiger partial charge in [-0.2, -0.15) is 0 Å². The number of rotatable bonds is 1. The number of carbonyl (C=O) groups excluding carboxylic acids is 1. The lowest BCUT2D eigenvalue weighted by Crippen LogP contribution is -2.22. The van der Waals surface area contributed by atoms with Crippen LogP contribution in [0, 0.1) is 5.92 Å². The van der Waals surface area contributed by atoms with Crippen LogP contribution in [0.1, 0.15) is 26.7 Å². The predicted molar refractivity (Wildman–Crippen MR) is 112 cm³/mol. The van der Waals surface area contributed by atoms with Gasteiger partial charge in [0.1, 0.15) is 0 Å². The molecule has 0 unspecified atom stereocenters. The molecule has 0 fully saturated rings. The smallest absolute Gasteiger partial charge is 0.174 e. The molecule has 0 amide bonds. The fourth-order valence-corrected chi connectivity index (χ4v) is 5.63. The van der Waals surface area contributed by atoms with E-state index in [1.165, 1.54) is 0 Å². The maximum Gasteiger partial charge on any atom is 0.174 e. The van der Waals surface area contributed by atoms with Crippen molar-refractivity contribution in [3.8, 4) is 0 Å². The molecule has 2 nitrogen and oxygen atoms in total. The van der Waals surface area contributed by atoms with E-state index >= 15 is 0 Å². The summed E-state index contributed by atoms with van der Waals surface area (Å²) >= 11 is 14.5. The fourth-order valence-electron chi connectivity index (χ4n) is 3.76. The summed E-state index contributed by atoms with van der Waals surface area (Å²) in [7, 11) is 0. The lowest BCUT2D eigenvalue weighted by atomic mass is 9.93. The zero-order chi connectivity index (χ0) is 18.5. The molecular formula is C22H13Cl2NOS. The number of halogens is 2. The first-order valence-corrected chi connectivity index (χ1v) is 10.2. The number of thioether (sulfide) groups is 1. The zero-order valence-electron chi connectivity index (χ0n) is 14.0. The molecule has 2 aliphatic rings. The molecule has 0 saturated carbocycles. The molecule has 27 heavy (non-hydrogen) atoms. The van der Waals surface area contributed by atoms with Gasteiger partial charge < -0.3 is 0 Å². The second kappa shape index (κ2) is 6.52. The van der Waals surface area contributed by atoms with Crippen molar-refractivity contribution >= 4 is 52.1 Å². The van der Waals surface area contributed by atoms with Crippen LogP contribution in [0.4, 0.5) is 5.69 Å². The Morgan fingerprint density at radius 1 is 0.852 bits per heavy atom. The second-order valence-corrected chi connectivity index (χ2v) is 8.50. The van der Waals surface area contributed by atoms with Gasteiger partial charge in [0.2, 0.25) is 0 Å². The molecule has 1 aliphatic heterocycles. The molecule has 0 saturated heterocycles. The molecule has 132 valence electrons. The van der Waals surface area contributed by atoms with Crippen molar-refractivity contribution < 1.29 is 4.79 Å². The molecule has 0 spiro atoms. The van der Waals surface area contributed by atoms with E-state index in [9.17, 15) is 4.79 Å². The SMILES string of the molecule is O=C1c2ccccc2C2=Nc3ccccc3S[C@@H](c3cccc(Cl)c3Cl)[C@H]12. The molecule has 5 heteroatoms. The third kappa shape index (κ3) is 2.65. The molecular weight excluding hydrogens is 397 g/mol. The van der Waals surface area contributed by atoms with Crippen molar-refractivity contribution in [3.63, 3.8) is 0 Å². The Bertz CT molecular complexity index is 1120. The Morgan fingerprint density at radius 2 is 1.59 bits per heavy atom. The molecule has 0 aromatic heterocycles. The van der Waals surface area contributed by atoms with Crippen molar-refractivity contribution in [2.45, 2.75) is 10.1 Å². The van der Waals surface area contributed by atoms with E-state index in [-0.39, 0.29) is 11.0 Å². The number of fused-ring (bicyclic) bond motifs is 4. The summed E-state index contributed by atoms with van der Waals surface area (Å²) in [6, 6.07) is 21.3. The Balaban J connectivity index is 1.78. The van der Waals surface area contributed by atoms with E-state index in [2.05, 4.69) is 0 Å². The summed E-state index contributed by atoms with van der Waals surface area (Å²) in [5.41, 5.74) is 4.20. The highest BCUT2D eigenvalue weighted by molar-refractivity contribution is 7.99.